The summed E-state index contributed by atoms with van der Waals surface area (Å²) in [5.74, 6) is 1.15. The summed E-state index contributed by atoms with van der Waals surface area (Å²) in [5, 5.41) is 5.87. The summed E-state index contributed by atoms with van der Waals surface area (Å²) in [5.41, 5.74) is 2.61. The number of amides is 1. The Balaban J connectivity index is 1.86. The van der Waals surface area contributed by atoms with Crippen LogP contribution in [-0.2, 0) is 4.79 Å². The number of likely N-dealkylation sites (N-methyl/N-ethyl adjacent to an activating group) is 1. The van der Waals surface area contributed by atoms with Gasteiger partial charge < -0.3 is 10.6 Å². The third-order valence-electron chi connectivity index (χ3n) is 4.24. The van der Waals surface area contributed by atoms with Crippen LogP contribution in [0.15, 0.2) is 18.5 Å². The number of hydrogen-bond donors (Lipinski definition) is 2. The normalized spacial score (nSPS) is 17.5. The van der Waals surface area contributed by atoms with Crippen LogP contribution in [0.1, 0.15) is 36.0 Å². The molecule has 1 atom stereocenters. The Hall–Kier alpha value is -2.61. The summed E-state index contributed by atoms with van der Waals surface area (Å²) in [6.07, 6.45) is 5.29. The van der Waals surface area contributed by atoms with Crippen LogP contribution < -0.4 is 10.6 Å². The number of nitrogens with one attached hydrogen (secondary N) is 2. The number of aromatic nitrogens is 4. The van der Waals surface area contributed by atoms with Gasteiger partial charge in [-0.05, 0) is 39.3 Å². The molecule has 1 unspecified atom stereocenters. The molecule has 0 saturated carbocycles. The number of carbonyl (C=O) groups excluding carboxylic acids is 1. The van der Waals surface area contributed by atoms with Crippen molar-refractivity contribution in [2.24, 2.45) is 0 Å². The maximum absolute atomic E-state index is 11.8. The summed E-state index contributed by atoms with van der Waals surface area (Å²) in [7, 11) is 1.65. The molecule has 3 heterocycles. The van der Waals surface area contributed by atoms with Crippen molar-refractivity contribution in [1.82, 2.24) is 30.2 Å². The molecule has 25 heavy (non-hydrogen) atoms. The molecule has 2 N–H and O–H groups in total. The molecule has 8 heteroatoms. The van der Waals surface area contributed by atoms with Gasteiger partial charge in [-0.25, -0.2) is 15.0 Å². The molecule has 1 fully saturated rings. The van der Waals surface area contributed by atoms with Gasteiger partial charge in [0.15, 0.2) is 5.82 Å². The largest absolute Gasteiger partial charge is 0.358 e. The van der Waals surface area contributed by atoms with Crippen LogP contribution in [0.4, 0.5) is 11.8 Å². The first-order valence-electron chi connectivity index (χ1n) is 8.41. The van der Waals surface area contributed by atoms with E-state index in [0.29, 0.717) is 18.3 Å². The number of rotatable bonds is 5. The van der Waals surface area contributed by atoms with Crippen molar-refractivity contribution >= 4 is 17.7 Å². The first kappa shape index (κ1) is 17.2. The summed E-state index contributed by atoms with van der Waals surface area (Å²) in [6.45, 7) is 5.09. The lowest BCUT2D eigenvalue weighted by Gasteiger charge is -2.24. The molecule has 0 aromatic carbocycles. The maximum atomic E-state index is 11.8. The van der Waals surface area contributed by atoms with E-state index >= 15 is 0 Å². The summed E-state index contributed by atoms with van der Waals surface area (Å²) in [4.78, 5) is 31.7. The molecule has 1 saturated heterocycles. The quantitative estimate of drug-likeness (QED) is 0.851. The SMILES string of the molecule is CNC(=O)CN1CCCC1c1nccnc1Nc1nc(C)cc(C)n1. The van der Waals surface area contributed by atoms with Gasteiger partial charge in [-0.3, -0.25) is 14.7 Å². The van der Waals surface area contributed by atoms with E-state index < -0.39 is 0 Å². The number of anilines is 2. The fourth-order valence-corrected chi connectivity index (χ4v) is 3.17. The average Bonchev–Trinajstić information content (AvgIpc) is 3.02. The van der Waals surface area contributed by atoms with Gasteiger partial charge in [-0.15, -0.1) is 0 Å². The van der Waals surface area contributed by atoms with E-state index in [4.69, 9.17) is 0 Å². The van der Waals surface area contributed by atoms with E-state index in [1.807, 2.05) is 19.9 Å². The van der Waals surface area contributed by atoms with Crippen LogP contribution in [0, 0.1) is 13.8 Å². The third kappa shape index (κ3) is 4.08. The van der Waals surface area contributed by atoms with Crippen molar-refractivity contribution in [3.63, 3.8) is 0 Å². The Kier molecular flexibility index (Phi) is 5.18. The van der Waals surface area contributed by atoms with Crippen LogP contribution in [0.3, 0.4) is 0 Å². The van der Waals surface area contributed by atoms with Gasteiger partial charge in [0.25, 0.3) is 0 Å². The lowest BCUT2D eigenvalue weighted by molar-refractivity contribution is -0.122. The zero-order chi connectivity index (χ0) is 17.8. The molecule has 0 bridgehead atoms. The molecule has 132 valence electrons. The van der Waals surface area contributed by atoms with E-state index in [-0.39, 0.29) is 11.9 Å². The maximum Gasteiger partial charge on any atom is 0.233 e. The molecule has 8 nitrogen and oxygen atoms in total. The molecule has 2 aromatic rings. The molecule has 1 amide bonds. The van der Waals surface area contributed by atoms with Crippen molar-refractivity contribution < 1.29 is 4.79 Å². The molecule has 0 aliphatic carbocycles. The van der Waals surface area contributed by atoms with Crippen molar-refractivity contribution in [2.75, 3.05) is 25.5 Å². The van der Waals surface area contributed by atoms with E-state index in [2.05, 4.69) is 35.5 Å². The molecule has 3 rings (SSSR count). The van der Waals surface area contributed by atoms with Gasteiger partial charge in [-0.2, -0.15) is 0 Å². The summed E-state index contributed by atoms with van der Waals surface area (Å²) < 4.78 is 0. The zero-order valence-electron chi connectivity index (χ0n) is 14.8. The first-order valence-corrected chi connectivity index (χ1v) is 8.41. The highest BCUT2D eigenvalue weighted by Gasteiger charge is 2.30. The minimum absolute atomic E-state index is 0.00272. The highest BCUT2D eigenvalue weighted by atomic mass is 16.1. The molecule has 1 aliphatic heterocycles. The molecule has 2 aromatic heterocycles. The summed E-state index contributed by atoms with van der Waals surface area (Å²) >= 11 is 0. The molecular weight excluding hydrogens is 318 g/mol. The zero-order valence-corrected chi connectivity index (χ0v) is 14.8. The minimum atomic E-state index is 0.00272. The highest BCUT2D eigenvalue weighted by Crippen LogP contribution is 2.34. The lowest BCUT2D eigenvalue weighted by atomic mass is 10.1. The van der Waals surface area contributed by atoms with Crippen molar-refractivity contribution in [2.45, 2.75) is 32.7 Å². The second-order valence-corrected chi connectivity index (χ2v) is 6.19. The predicted molar refractivity (Wildman–Crippen MR) is 94.4 cm³/mol. The third-order valence-corrected chi connectivity index (χ3v) is 4.24. The molecule has 0 radical (unpaired) electrons. The van der Waals surface area contributed by atoms with Crippen molar-refractivity contribution in [3.05, 3.63) is 35.5 Å². The smallest absolute Gasteiger partial charge is 0.233 e. The van der Waals surface area contributed by atoms with Gasteiger partial charge in [0.1, 0.15) is 5.69 Å². The second-order valence-electron chi connectivity index (χ2n) is 6.19. The van der Waals surface area contributed by atoms with E-state index in [1.54, 1.807) is 19.4 Å². The topological polar surface area (TPSA) is 95.9 Å². The second kappa shape index (κ2) is 7.52. The van der Waals surface area contributed by atoms with E-state index in [9.17, 15) is 4.79 Å². The number of carbonyl (C=O) groups is 1. The van der Waals surface area contributed by atoms with Crippen LogP contribution in [-0.4, -0.2) is 50.9 Å². The van der Waals surface area contributed by atoms with Gasteiger partial charge >= 0.3 is 0 Å². The molecule has 0 spiro atoms. The van der Waals surface area contributed by atoms with Crippen LogP contribution >= 0.6 is 0 Å². The fourth-order valence-electron chi connectivity index (χ4n) is 3.17. The van der Waals surface area contributed by atoms with Crippen molar-refractivity contribution in [3.8, 4) is 0 Å². The Labute approximate surface area is 147 Å². The average molecular weight is 341 g/mol. The molecule has 1 aliphatic rings. The van der Waals surface area contributed by atoms with E-state index in [1.165, 1.54) is 0 Å². The Morgan fingerprint density at radius 1 is 1.24 bits per heavy atom. The van der Waals surface area contributed by atoms with Gasteiger partial charge in [0, 0.05) is 30.8 Å². The Morgan fingerprint density at radius 2 is 1.96 bits per heavy atom. The fraction of sp³-hybridized carbons (Fsp3) is 0.471. The number of likely N-dealkylation sites (tertiary alicyclic amines) is 1. The predicted octanol–water partition coefficient (Wildman–Crippen LogP) is 1.51. The van der Waals surface area contributed by atoms with E-state index in [0.717, 1.165) is 36.5 Å². The van der Waals surface area contributed by atoms with Gasteiger partial charge in [0.2, 0.25) is 11.9 Å². The molecular formula is C17H23N7O. The lowest BCUT2D eigenvalue weighted by Crippen LogP contribution is -2.35. The van der Waals surface area contributed by atoms with Crippen LogP contribution in [0.2, 0.25) is 0 Å². The van der Waals surface area contributed by atoms with Crippen LogP contribution in [0.25, 0.3) is 0 Å². The first-order chi connectivity index (χ1) is 12.1. The van der Waals surface area contributed by atoms with Crippen LogP contribution in [0.5, 0.6) is 0 Å². The van der Waals surface area contributed by atoms with Gasteiger partial charge in [0.05, 0.1) is 12.6 Å². The monoisotopic (exact) mass is 341 g/mol. The van der Waals surface area contributed by atoms with Crippen molar-refractivity contribution in [1.29, 1.82) is 0 Å². The number of nitrogens with zero attached hydrogens (tertiary/aromatic N) is 5. The Bertz CT molecular complexity index is 744. The Morgan fingerprint density at radius 3 is 2.68 bits per heavy atom. The minimum Gasteiger partial charge on any atom is -0.358 e. The number of hydrogen-bond acceptors (Lipinski definition) is 7. The summed E-state index contributed by atoms with van der Waals surface area (Å²) in [6, 6.07) is 1.98. The van der Waals surface area contributed by atoms with Gasteiger partial charge in [-0.1, -0.05) is 0 Å². The standard InChI is InChI=1S/C17H23N7O/c1-11-9-12(2)22-17(21-11)23-16-15(19-6-7-20-16)13-5-4-8-24(13)10-14(25)18-3/h6-7,9,13H,4-5,8,10H2,1-3H3,(H,18,25)(H,20,21,22,23). The number of aryl methyl sites for hydroxylation is 2. The highest BCUT2D eigenvalue weighted by molar-refractivity contribution is 5.77.